The molecule has 0 heterocycles. The molecular formula is C21H24O6. The van der Waals surface area contributed by atoms with E-state index < -0.39 is 29.4 Å². The van der Waals surface area contributed by atoms with E-state index in [0.29, 0.717) is 0 Å². The normalized spacial score (nSPS) is 14.5. The quantitative estimate of drug-likeness (QED) is 0.448. The lowest BCUT2D eigenvalue weighted by Gasteiger charge is -2.24. The van der Waals surface area contributed by atoms with Crippen LogP contribution >= 0.6 is 0 Å². The number of rotatable bonds is 6. The third-order valence-corrected chi connectivity index (χ3v) is 4.12. The van der Waals surface area contributed by atoms with Crippen molar-refractivity contribution in [1.29, 1.82) is 0 Å². The molecule has 0 amide bonds. The number of carbonyl (C=O) groups is 3. The number of carbonyl (C=O) groups excluding carboxylic acids is 3. The van der Waals surface area contributed by atoms with Gasteiger partial charge in [-0.2, -0.15) is 0 Å². The summed E-state index contributed by atoms with van der Waals surface area (Å²) in [5, 5.41) is 20.0. The van der Waals surface area contributed by atoms with Crippen LogP contribution in [0.4, 0.5) is 0 Å². The molecule has 0 unspecified atom stereocenters. The Morgan fingerprint density at radius 1 is 1.11 bits per heavy atom. The summed E-state index contributed by atoms with van der Waals surface area (Å²) in [5.41, 5.74) is 0.455. The second-order valence-electron chi connectivity index (χ2n) is 7.24. The molecule has 1 atom stereocenters. The van der Waals surface area contributed by atoms with E-state index in [1.807, 2.05) is 33.8 Å². The highest BCUT2D eigenvalue weighted by Gasteiger charge is 2.35. The van der Waals surface area contributed by atoms with E-state index in [2.05, 4.69) is 0 Å². The van der Waals surface area contributed by atoms with Crippen molar-refractivity contribution in [2.45, 2.75) is 46.6 Å². The van der Waals surface area contributed by atoms with Crippen LogP contribution in [0.3, 0.4) is 0 Å². The molecule has 0 saturated carbocycles. The Bertz CT molecular complexity index is 840. The molecule has 6 heteroatoms. The van der Waals surface area contributed by atoms with E-state index in [4.69, 9.17) is 4.74 Å². The van der Waals surface area contributed by atoms with E-state index in [-0.39, 0.29) is 41.2 Å². The Kier molecular flexibility index (Phi) is 6.20. The Morgan fingerprint density at radius 2 is 1.70 bits per heavy atom. The van der Waals surface area contributed by atoms with Gasteiger partial charge >= 0.3 is 5.97 Å². The van der Waals surface area contributed by atoms with Crippen molar-refractivity contribution in [3.63, 3.8) is 0 Å². The number of phenolic OH excluding ortho intramolecular Hbond substituents is 2. The summed E-state index contributed by atoms with van der Waals surface area (Å²) in [4.78, 5) is 37.5. The molecule has 0 aliphatic heterocycles. The van der Waals surface area contributed by atoms with Gasteiger partial charge in [-0.05, 0) is 38.0 Å². The van der Waals surface area contributed by atoms with Crippen molar-refractivity contribution < 1.29 is 29.3 Å². The van der Waals surface area contributed by atoms with Crippen LogP contribution in [0.25, 0.3) is 0 Å². The molecule has 1 aromatic rings. The van der Waals surface area contributed by atoms with Gasteiger partial charge in [-0.25, -0.2) is 0 Å². The van der Waals surface area contributed by atoms with Gasteiger partial charge in [-0.1, -0.05) is 25.5 Å². The molecule has 0 saturated heterocycles. The van der Waals surface area contributed by atoms with Gasteiger partial charge in [0.1, 0.15) is 17.6 Å². The SMILES string of the molecule is CC(C)=CC[C@@H](OC(=O)CC(C)C)C1=CC(=O)c2c(O)ccc(O)c2C1=O. The fourth-order valence-electron chi connectivity index (χ4n) is 2.84. The topological polar surface area (TPSA) is 101 Å². The van der Waals surface area contributed by atoms with Crippen molar-refractivity contribution in [2.24, 2.45) is 5.92 Å². The lowest BCUT2D eigenvalue weighted by molar-refractivity contribution is -0.147. The number of fused-ring (bicyclic) bond motifs is 1. The highest BCUT2D eigenvalue weighted by molar-refractivity contribution is 6.27. The highest BCUT2D eigenvalue weighted by Crippen LogP contribution is 2.36. The first kappa shape index (κ1) is 20.4. The number of hydrogen-bond donors (Lipinski definition) is 2. The fourth-order valence-corrected chi connectivity index (χ4v) is 2.84. The fraction of sp³-hybridized carbons (Fsp3) is 0.381. The van der Waals surface area contributed by atoms with E-state index in [1.165, 1.54) is 0 Å². The number of ketones is 2. The summed E-state index contributed by atoms with van der Waals surface area (Å²) in [6.07, 6.45) is 2.35. The van der Waals surface area contributed by atoms with E-state index in [1.54, 1.807) is 0 Å². The predicted octanol–water partition coefficient (Wildman–Crippen LogP) is 3.72. The van der Waals surface area contributed by atoms with Crippen molar-refractivity contribution in [3.8, 4) is 11.5 Å². The molecule has 6 nitrogen and oxygen atoms in total. The monoisotopic (exact) mass is 372 g/mol. The average Bonchev–Trinajstić information content (AvgIpc) is 2.56. The summed E-state index contributed by atoms with van der Waals surface area (Å²) >= 11 is 0. The van der Waals surface area contributed by atoms with E-state index in [9.17, 15) is 24.6 Å². The van der Waals surface area contributed by atoms with Crippen molar-refractivity contribution in [1.82, 2.24) is 0 Å². The van der Waals surface area contributed by atoms with E-state index >= 15 is 0 Å². The standard InChI is InChI=1S/C21H24O6/c1-11(2)5-8-17(27-18(25)9-12(3)4)13-10-16(24)19-14(22)6-7-15(23)20(19)21(13)26/h5-7,10,12,17,22-23H,8-9H2,1-4H3/t17-/m1/s1. The van der Waals surface area contributed by atoms with Crippen LogP contribution in [0.15, 0.2) is 35.4 Å². The number of ether oxygens (including phenoxy) is 1. The van der Waals surface area contributed by atoms with Crippen LogP contribution in [0, 0.1) is 5.92 Å². The van der Waals surface area contributed by atoms with E-state index in [0.717, 1.165) is 23.8 Å². The Balaban J connectivity index is 2.44. The Hall–Kier alpha value is -2.89. The number of allylic oxidation sites excluding steroid dienone is 2. The predicted molar refractivity (Wildman–Crippen MR) is 99.9 cm³/mol. The van der Waals surface area contributed by atoms with Gasteiger partial charge in [-0.3, -0.25) is 14.4 Å². The van der Waals surface area contributed by atoms with Crippen LogP contribution < -0.4 is 0 Å². The third-order valence-electron chi connectivity index (χ3n) is 4.12. The second-order valence-corrected chi connectivity index (χ2v) is 7.24. The number of phenols is 2. The van der Waals surface area contributed by atoms with Gasteiger partial charge in [0.05, 0.1) is 11.1 Å². The van der Waals surface area contributed by atoms with Gasteiger partial charge in [0, 0.05) is 18.4 Å². The lowest BCUT2D eigenvalue weighted by atomic mass is 9.85. The molecule has 144 valence electrons. The summed E-state index contributed by atoms with van der Waals surface area (Å²) < 4.78 is 5.49. The smallest absolute Gasteiger partial charge is 0.306 e. The zero-order valence-corrected chi connectivity index (χ0v) is 15.9. The molecule has 1 aliphatic carbocycles. The highest BCUT2D eigenvalue weighted by atomic mass is 16.5. The minimum absolute atomic E-state index is 0.0111. The summed E-state index contributed by atoms with van der Waals surface area (Å²) in [6.45, 7) is 7.48. The zero-order chi connectivity index (χ0) is 20.3. The molecule has 2 rings (SSSR count). The van der Waals surface area contributed by atoms with Gasteiger partial charge in [0.25, 0.3) is 0 Å². The molecular weight excluding hydrogens is 348 g/mol. The number of Topliss-reactive ketones (excluding diaryl/α,β-unsaturated/α-hetero) is 1. The Labute approximate surface area is 158 Å². The molecule has 1 aliphatic rings. The maximum atomic E-state index is 12.9. The zero-order valence-electron chi connectivity index (χ0n) is 15.9. The molecule has 1 aromatic carbocycles. The van der Waals surface area contributed by atoms with Crippen LogP contribution in [0.5, 0.6) is 11.5 Å². The summed E-state index contributed by atoms with van der Waals surface area (Å²) in [6, 6.07) is 2.31. The third kappa shape index (κ3) is 4.64. The van der Waals surface area contributed by atoms with Gasteiger partial charge in [-0.15, -0.1) is 0 Å². The first-order valence-corrected chi connectivity index (χ1v) is 8.80. The molecule has 2 N–H and O–H groups in total. The molecule has 0 spiro atoms. The number of aromatic hydroxyl groups is 2. The minimum atomic E-state index is -0.947. The summed E-state index contributed by atoms with van der Waals surface area (Å²) in [7, 11) is 0. The number of benzene rings is 1. The maximum absolute atomic E-state index is 12.9. The molecule has 0 aromatic heterocycles. The van der Waals surface area contributed by atoms with Crippen LogP contribution in [-0.2, 0) is 9.53 Å². The molecule has 0 fully saturated rings. The first-order chi connectivity index (χ1) is 12.6. The van der Waals surface area contributed by atoms with Crippen LogP contribution in [-0.4, -0.2) is 33.9 Å². The molecule has 0 bridgehead atoms. The lowest BCUT2D eigenvalue weighted by Crippen LogP contribution is -2.29. The van der Waals surface area contributed by atoms with Crippen molar-refractivity contribution >= 4 is 17.5 Å². The maximum Gasteiger partial charge on any atom is 0.306 e. The van der Waals surface area contributed by atoms with Crippen molar-refractivity contribution in [2.75, 3.05) is 0 Å². The van der Waals surface area contributed by atoms with Crippen LogP contribution in [0.2, 0.25) is 0 Å². The second kappa shape index (κ2) is 8.20. The Morgan fingerprint density at radius 3 is 2.26 bits per heavy atom. The van der Waals surface area contributed by atoms with Gasteiger partial charge in [0.2, 0.25) is 0 Å². The molecule has 0 radical (unpaired) electrons. The largest absolute Gasteiger partial charge is 0.507 e. The average molecular weight is 372 g/mol. The van der Waals surface area contributed by atoms with Crippen LogP contribution in [0.1, 0.15) is 61.3 Å². The first-order valence-electron chi connectivity index (χ1n) is 8.80. The summed E-state index contributed by atoms with van der Waals surface area (Å²) in [5.74, 6) is -2.42. The minimum Gasteiger partial charge on any atom is -0.507 e. The van der Waals surface area contributed by atoms with Gasteiger partial charge < -0.3 is 14.9 Å². The number of esters is 1. The van der Waals surface area contributed by atoms with Gasteiger partial charge in [0.15, 0.2) is 11.6 Å². The number of hydrogen-bond acceptors (Lipinski definition) is 6. The van der Waals surface area contributed by atoms with Crippen molar-refractivity contribution in [3.05, 3.63) is 46.6 Å². The molecule has 27 heavy (non-hydrogen) atoms.